The van der Waals surface area contributed by atoms with Gasteiger partial charge >= 0.3 is 6.03 Å². The van der Waals surface area contributed by atoms with Gasteiger partial charge in [-0.3, -0.25) is 4.79 Å². The maximum absolute atomic E-state index is 12.4. The molecule has 2 aromatic rings. The molecule has 0 aliphatic rings. The summed E-state index contributed by atoms with van der Waals surface area (Å²) < 4.78 is 0. The Morgan fingerprint density at radius 3 is 2.31 bits per heavy atom. The van der Waals surface area contributed by atoms with Crippen LogP contribution in [0.25, 0.3) is 0 Å². The third-order valence-corrected chi connectivity index (χ3v) is 3.95. The van der Waals surface area contributed by atoms with Gasteiger partial charge in [0.15, 0.2) is 0 Å². The Kier molecular flexibility index (Phi) is 6.75. The van der Waals surface area contributed by atoms with Crippen LogP contribution in [0.1, 0.15) is 42.6 Å². The Bertz CT molecular complexity index is 823. The minimum absolute atomic E-state index is 0.119. The molecule has 3 N–H and O–H groups in total. The lowest BCUT2D eigenvalue weighted by Crippen LogP contribution is -2.37. The lowest BCUT2D eigenvalue weighted by Gasteiger charge is -2.15. The molecule has 0 aliphatic heterocycles. The summed E-state index contributed by atoms with van der Waals surface area (Å²) in [6.07, 6.45) is 1.71. The summed E-state index contributed by atoms with van der Waals surface area (Å²) in [4.78, 5) is 24.4. The van der Waals surface area contributed by atoms with Crippen molar-refractivity contribution in [2.45, 2.75) is 32.7 Å². The summed E-state index contributed by atoms with van der Waals surface area (Å²) in [5.74, 6) is -0.316. The molecule has 0 fully saturated rings. The van der Waals surface area contributed by atoms with Crippen LogP contribution in [0.2, 0.25) is 0 Å². The molecule has 6 nitrogen and oxygen atoms in total. The summed E-state index contributed by atoms with van der Waals surface area (Å²) in [7, 11) is 0. The van der Waals surface area contributed by atoms with Gasteiger partial charge in [0.05, 0.1) is 11.6 Å². The first-order valence-electron chi connectivity index (χ1n) is 8.54. The number of hydrogen-bond acceptors (Lipinski definition) is 3. The third-order valence-electron chi connectivity index (χ3n) is 3.95. The van der Waals surface area contributed by atoms with Crippen molar-refractivity contribution in [1.82, 2.24) is 5.32 Å². The number of amides is 3. The van der Waals surface area contributed by atoms with E-state index in [1.807, 2.05) is 19.9 Å². The molecule has 0 aromatic heterocycles. The number of nitrogens with one attached hydrogen (secondary N) is 3. The molecular formula is C20H22N4O2. The smallest absolute Gasteiger partial charge is 0.319 e. The first-order valence-corrected chi connectivity index (χ1v) is 8.54. The predicted molar refractivity (Wildman–Crippen MR) is 102 cm³/mol. The van der Waals surface area contributed by atoms with Crippen molar-refractivity contribution in [2.24, 2.45) is 0 Å². The van der Waals surface area contributed by atoms with Crippen molar-refractivity contribution in [3.63, 3.8) is 0 Å². The van der Waals surface area contributed by atoms with E-state index in [0.717, 1.165) is 12.8 Å². The van der Waals surface area contributed by atoms with Crippen molar-refractivity contribution in [3.05, 3.63) is 59.7 Å². The first kappa shape index (κ1) is 19.0. The van der Waals surface area contributed by atoms with Gasteiger partial charge in [0.2, 0.25) is 0 Å². The van der Waals surface area contributed by atoms with Gasteiger partial charge in [-0.1, -0.05) is 26.0 Å². The van der Waals surface area contributed by atoms with E-state index in [9.17, 15) is 9.59 Å². The molecule has 0 saturated carbocycles. The molecule has 0 spiro atoms. The van der Waals surface area contributed by atoms with Gasteiger partial charge in [0, 0.05) is 23.0 Å². The van der Waals surface area contributed by atoms with E-state index in [4.69, 9.17) is 5.26 Å². The number of rotatable bonds is 6. The lowest BCUT2D eigenvalue weighted by atomic mass is 10.1. The number of anilines is 2. The standard InChI is InChI=1S/C20H22N4O2/c1-3-16(4-2)23-20(26)24-18-10-6-8-15(12-18)19(25)22-17-9-5-7-14(11-17)13-21/h5-12,16H,3-4H2,1-2H3,(H,22,25)(H2,23,24,26). The van der Waals surface area contributed by atoms with Crippen LogP contribution in [-0.2, 0) is 0 Å². The number of benzene rings is 2. The molecule has 0 aliphatic carbocycles. The molecule has 0 bridgehead atoms. The van der Waals surface area contributed by atoms with Crippen LogP contribution in [-0.4, -0.2) is 18.0 Å². The predicted octanol–water partition coefficient (Wildman–Crippen LogP) is 4.12. The van der Waals surface area contributed by atoms with E-state index in [0.29, 0.717) is 22.5 Å². The van der Waals surface area contributed by atoms with E-state index >= 15 is 0 Å². The minimum atomic E-state index is -0.316. The SMILES string of the molecule is CCC(CC)NC(=O)Nc1cccc(C(=O)Nc2cccc(C#N)c2)c1. The van der Waals surface area contributed by atoms with Crippen LogP contribution in [0.4, 0.5) is 16.2 Å². The summed E-state index contributed by atoms with van der Waals surface area (Å²) in [5, 5.41) is 17.3. The van der Waals surface area contributed by atoms with E-state index < -0.39 is 0 Å². The monoisotopic (exact) mass is 350 g/mol. The second kappa shape index (κ2) is 9.23. The molecule has 2 aromatic carbocycles. The summed E-state index contributed by atoms with van der Waals surface area (Å²) >= 11 is 0. The number of nitriles is 1. The van der Waals surface area contributed by atoms with Crippen LogP contribution < -0.4 is 16.0 Å². The molecule has 0 radical (unpaired) electrons. The van der Waals surface area contributed by atoms with Crippen molar-refractivity contribution in [2.75, 3.05) is 10.6 Å². The van der Waals surface area contributed by atoms with E-state index in [-0.39, 0.29) is 18.0 Å². The Hall–Kier alpha value is -3.33. The van der Waals surface area contributed by atoms with Gasteiger partial charge in [0.25, 0.3) is 5.91 Å². The van der Waals surface area contributed by atoms with E-state index in [2.05, 4.69) is 16.0 Å². The molecular weight excluding hydrogens is 328 g/mol. The van der Waals surface area contributed by atoms with Crippen molar-refractivity contribution < 1.29 is 9.59 Å². The highest BCUT2D eigenvalue weighted by Crippen LogP contribution is 2.15. The van der Waals surface area contributed by atoms with Crippen LogP contribution in [0.15, 0.2) is 48.5 Å². The van der Waals surface area contributed by atoms with Gasteiger partial charge in [0.1, 0.15) is 0 Å². The maximum Gasteiger partial charge on any atom is 0.319 e. The molecule has 0 saturated heterocycles. The molecule has 0 heterocycles. The Morgan fingerprint density at radius 1 is 1.00 bits per heavy atom. The largest absolute Gasteiger partial charge is 0.335 e. The molecule has 0 atom stereocenters. The first-order chi connectivity index (χ1) is 12.5. The number of hydrogen-bond donors (Lipinski definition) is 3. The number of nitrogens with zero attached hydrogens (tertiary/aromatic N) is 1. The van der Waals surface area contributed by atoms with Gasteiger partial charge in [-0.2, -0.15) is 5.26 Å². The van der Waals surface area contributed by atoms with E-state index in [1.165, 1.54) is 0 Å². The van der Waals surface area contributed by atoms with Crippen LogP contribution in [0.3, 0.4) is 0 Å². The zero-order valence-electron chi connectivity index (χ0n) is 14.9. The molecule has 26 heavy (non-hydrogen) atoms. The minimum Gasteiger partial charge on any atom is -0.335 e. The van der Waals surface area contributed by atoms with Crippen LogP contribution in [0, 0.1) is 11.3 Å². The second-order valence-corrected chi connectivity index (χ2v) is 5.84. The number of carbonyl (C=O) groups is 2. The van der Waals surface area contributed by atoms with Crippen molar-refractivity contribution >= 4 is 23.3 Å². The number of urea groups is 1. The summed E-state index contributed by atoms with van der Waals surface area (Å²) in [6.45, 7) is 4.03. The third kappa shape index (κ3) is 5.35. The molecule has 3 amide bonds. The highest BCUT2D eigenvalue weighted by atomic mass is 16.2. The van der Waals surface area contributed by atoms with Crippen LogP contribution >= 0.6 is 0 Å². The van der Waals surface area contributed by atoms with Crippen LogP contribution in [0.5, 0.6) is 0 Å². The zero-order chi connectivity index (χ0) is 18.9. The molecule has 2 rings (SSSR count). The van der Waals surface area contributed by atoms with Crippen molar-refractivity contribution in [3.8, 4) is 6.07 Å². The van der Waals surface area contributed by atoms with Gasteiger partial charge in [-0.15, -0.1) is 0 Å². The normalized spacial score (nSPS) is 10.1. The fourth-order valence-corrected chi connectivity index (χ4v) is 2.45. The summed E-state index contributed by atoms with van der Waals surface area (Å²) in [5.41, 5.74) is 1.95. The highest BCUT2D eigenvalue weighted by molar-refractivity contribution is 6.05. The fraction of sp³-hybridized carbons (Fsp3) is 0.250. The maximum atomic E-state index is 12.4. The lowest BCUT2D eigenvalue weighted by molar-refractivity contribution is 0.102. The van der Waals surface area contributed by atoms with Crippen molar-refractivity contribution in [1.29, 1.82) is 5.26 Å². The van der Waals surface area contributed by atoms with Gasteiger partial charge in [-0.25, -0.2) is 4.79 Å². The average Bonchev–Trinajstić information content (AvgIpc) is 2.66. The Labute approximate surface area is 153 Å². The van der Waals surface area contributed by atoms with Gasteiger partial charge < -0.3 is 16.0 Å². The Morgan fingerprint density at radius 2 is 1.65 bits per heavy atom. The number of carbonyl (C=O) groups excluding carboxylic acids is 2. The fourth-order valence-electron chi connectivity index (χ4n) is 2.45. The highest BCUT2D eigenvalue weighted by Gasteiger charge is 2.11. The Balaban J connectivity index is 2.04. The van der Waals surface area contributed by atoms with E-state index in [1.54, 1.807) is 48.5 Å². The zero-order valence-corrected chi connectivity index (χ0v) is 14.9. The average molecular weight is 350 g/mol. The second-order valence-electron chi connectivity index (χ2n) is 5.84. The topological polar surface area (TPSA) is 94.0 Å². The molecule has 134 valence electrons. The van der Waals surface area contributed by atoms with Gasteiger partial charge in [-0.05, 0) is 49.2 Å². The quantitative estimate of drug-likeness (QED) is 0.731. The molecule has 6 heteroatoms. The summed E-state index contributed by atoms with van der Waals surface area (Å²) in [6, 6.07) is 15.2. The molecule has 0 unspecified atom stereocenters.